The molecule has 30 heavy (non-hydrogen) atoms. The Morgan fingerprint density at radius 1 is 1.13 bits per heavy atom. The number of hydrogen-bond acceptors (Lipinski definition) is 4. The van der Waals surface area contributed by atoms with Crippen molar-refractivity contribution in [2.24, 2.45) is 0 Å². The summed E-state index contributed by atoms with van der Waals surface area (Å²) in [5.41, 5.74) is 0.211. The number of carbonyl (C=O) groups excluding carboxylic acids is 1. The average Bonchev–Trinajstić information content (AvgIpc) is 3.19. The van der Waals surface area contributed by atoms with Crippen molar-refractivity contribution in [1.29, 1.82) is 0 Å². The number of aryl methyl sites for hydroxylation is 1. The molecule has 3 aromatic rings. The molecule has 0 atom stereocenters. The maximum Gasteiger partial charge on any atom is 0.416 e. The predicted octanol–water partition coefficient (Wildman–Crippen LogP) is 4.11. The van der Waals surface area contributed by atoms with Gasteiger partial charge in [0.1, 0.15) is 0 Å². The molecular formula is C20H16F3N3O4. The molecule has 0 fully saturated rings. The van der Waals surface area contributed by atoms with Crippen LogP contribution in [0.1, 0.15) is 31.8 Å². The first-order chi connectivity index (χ1) is 14.1. The second-order valence-corrected chi connectivity index (χ2v) is 6.31. The van der Waals surface area contributed by atoms with E-state index in [2.05, 4.69) is 5.10 Å². The number of carboxylic acid groups (broad SMARTS) is 1. The highest BCUT2D eigenvalue weighted by Gasteiger charge is 2.31. The molecule has 3 rings (SSSR count). The normalized spacial score (nSPS) is 11.4. The average molecular weight is 419 g/mol. The Kier molecular flexibility index (Phi) is 5.61. The summed E-state index contributed by atoms with van der Waals surface area (Å²) in [4.78, 5) is 29.1. The van der Waals surface area contributed by atoms with E-state index >= 15 is 0 Å². The number of nitrogens with zero attached hydrogens (tertiary/aromatic N) is 3. The molecule has 1 aromatic heterocycles. The van der Waals surface area contributed by atoms with Gasteiger partial charge in [-0.25, -0.2) is 9.48 Å². The molecular weight excluding hydrogens is 403 g/mol. The molecule has 0 aliphatic carbocycles. The highest BCUT2D eigenvalue weighted by atomic mass is 19.4. The number of aromatic nitrogens is 2. The van der Waals surface area contributed by atoms with Gasteiger partial charge >= 0.3 is 12.1 Å². The zero-order valence-corrected chi connectivity index (χ0v) is 15.8. The molecule has 2 aromatic carbocycles. The van der Waals surface area contributed by atoms with Gasteiger partial charge in [-0.2, -0.15) is 23.3 Å². The Hall–Kier alpha value is -3.66. The summed E-state index contributed by atoms with van der Waals surface area (Å²) in [5, 5.41) is 13.8. The van der Waals surface area contributed by atoms with Crippen molar-refractivity contribution in [3.63, 3.8) is 0 Å². The zero-order chi connectivity index (χ0) is 22.1. The molecule has 156 valence electrons. The number of aromatic carboxylic acids is 1. The number of carboxylic acids is 1. The van der Waals surface area contributed by atoms with Crippen molar-refractivity contribution in [2.75, 3.05) is 12.2 Å². The van der Waals surface area contributed by atoms with Crippen LogP contribution in [0, 0.1) is 6.92 Å². The highest BCUT2D eigenvalue weighted by Crippen LogP contribution is 2.32. The second-order valence-electron chi connectivity index (χ2n) is 6.31. The summed E-state index contributed by atoms with van der Waals surface area (Å²) in [7, 11) is 1.17. The van der Waals surface area contributed by atoms with Gasteiger partial charge in [0.2, 0.25) is 0 Å². The van der Waals surface area contributed by atoms with Crippen molar-refractivity contribution >= 4 is 17.6 Å². The van der Waals surface area contributed by atoms with E-state index in [-0.39, 0.29) is 16.8 Å². The number of benzene rings is 2. The predicted molar refractivity (Wildman–Crippen MR) is 101 cm³/mol. The quantitative estimate of drug-likeness (QED) is 0.630. The van der Waals surface area contributed by atoms with E-state index < -0.39 is 23.6 Å². The molecule has 1 heterocycles. The van der Waals surface area contributed by atoms with Gasteiger partial charge < -0.3 is 5.11 Å². The van der Waals surface area contributed by atoms with Crippen LogP contribution in [0.25, 0.3) is 5.69 Å². The summed E-state index contributed by atoms with van der Waals surface area (Å²) < 4.78 is 40.3. The first-order valence-electron chi connectivity index (χ1n) is 8.56. The summed E-state index contributed by atoms with van der Waals surface area (Å²) >= 11 is 0. The van der Waals surface area contributed by atoms with Gasteiger partial charge in [0, 0.05) is 11.8 Å². The van der Waals surface area contributed by atoms with Crippen LogP contribution in [0.2, 0.25) is 0 Å². The molecule has 0 saturated carbocycles. The van der Waals surface area contributed by atoms with E-state index in [0.717, 1.165) is 17.2 Å². The molecule has 0 saturated heterocycles. The fourth-order valence-electron chi connectivity index (χ4n) is 2.79. The standard InChI is InChI=1S/C20H16F3N3O4/c1-12-6-7-13(8-17(12)25-11-14(10-24-25)19(28)29)18(27)26(30-2)16-5-3-4-15(9-16)20(21,22)23/h3-11H,1-2H3,(H,28,29). The number of amides is 1. The van der Waals surface area contributed by atoms with Gasteiger partial charge in [0.05, 0.1) is 35.8 Å². The molecule has 0 radical (unpaired) electrons. The van der Waals surface area contributed by atoms with Crippen LogP contribution in [0.4, 0.5) is 18.9 Å². The summed E-state index contributed by atoms with van der Waals surface area (Å²) in [6.45, 7) is 1.74. The van der Waals surface area contributed by atoms with E-state index in [9.17, 15) is 22.8 Å². The lowest BCUT2D eigenvalue weighted by Crippen LogP contribution is -2.30. The van der Waals surface area contributed by atoms with E-state index in [1.165, 1.54) is 48.5 Å². The number of rotatable bonds is 5. The van der Waals surface area contributed by atoms with Gasteiger partial charge in [0.15, 0.2) is 0 Å². The Morgan fingerprint density at radius 2 is 1.87 bits per heavy atom. The van der Waals surface area contributed by atoms with Crippen LogP contribution in [0.15, 0.2) is 54.9 Å². The summed E-state index contributed by atoms with van der Waals surface area (Å²) in [6.07, 6.45) is -2.11. The monoisotopic (exact) mass is 419 g/mol. The maximum absolute atomic E-state index is 13.0. The lowest BCUT2D eigenvalue weighted by Gasteiger charge is -2.21. The first-order valence-corrected chi connectivity index (χ1v) is 8.56. The largest absolute Gasteiger partial charge is 0.478 e. The van der Waals surface area contributed by atoms with Gasteiger partial charge in [-0.3, -0.25) is 9.63 Å². The lowest BCUT2D eigenvalue weighted by atomic mass is 10.1. The topological polar surface area (TPSA) is 84.7 Å². The van der Waals surface area contributed by atoms with Crippen LogP contribution >= 0.6 is 0 Å². The maximum atomic E-state index is 13.0. The van der Waals surface area contributed by atoms with Crippen molar-refractivity contribution < 1.29 is 32.7 Å². The second kappa shape index (κ2) is 7.99. The molecule has 0 aliphatic rings. The third-order valence-corrected chi connectivity index (χ3v) is 4.31. The fraction of sp³-hybridized carbons (Fsp3) is 0.150. The van der Waals surface area contributed by atoms with Crippen molar-refractivity contribution in [3.05, 3.63) is 77.1 Å². The van der Waals surface area contributed by atoms with Crippen LogP contribution in [-0.4, -0.2) is 33.9 Å². The Labute approximate surface area is 168 Å². The molecule has 0 spiro atoms. The van der Waals surface area contributed by atoms with E-state index in [4.69, 9.17) is 9.94 Å². The lowest BCUT2D eigenvalue weighted by molar-refractivity contribution is -0.137. The van der Waals surface area contributed by atoms with Gasteiger partial charge in [-0.15, -0.1) is 0 Å². The molecule has 0 aliphatic heterocycles. The number of alkyl halides is 3. The Morgan fingerprint density at radius 3 is 2.47 bits per heavy atom. The number of carbonyl (C=O) groups is 2. The van der Waals surface area contributed by atoms with Crippen molar-refractivity contribution in [1.82, 2.24) is 9.78 Å². The van der Waals surface area contributed by atoms with Gasteiger partial charge in [-0.05, 0) is 42.8 Å². The number of halogens is 3. The summed E-state index contributed by atoms with van der Waals surface area (Å²) in [6, 6.07) is 8.75. The zero-order valence-electron chi connectivity index (χ0n) is 15.8. The minimum atomic E-state index is -4.57. The SMILES string of the molecule is CON(C(=O)c1ccc(C)c(-n2cc(C(=O)O)cn2)c1)c1cccc(C(F)(F)F)c1. The number of anilines is 1. The van der Waals surface area contributed by atoms with Crippen molar-refractivity contribution in [2.45, 2.75) is 13.1 Å². The molecule has 7 nitrogen and oxygen atoms in total. The first kappa shape index (κ1) is 21.1. The van der Waals surface area contributed by atoms with Crippen molar-refractivity contribution in [3.8, 4) is 5.69 Å². The van der Waals surface area contributed by atoms with Gasteiger partial charge in [-0.1, -0.05) is 12.1 Å². The van der Waals surface area contributed by atoms with Crippen LogP contribution in [0.5, 0.6) is 0 Å². The Balaban J connectivity index is 1.98. The molecule has 10 heteroatoms. The number of hydrogen-bond donors (Lipinski definition) is 1. The Bertz CT molecular complexity index is 1110. The van der Waals surface area contributed by atoms with Crippen LogP contribution in [-0.2, 0) is 11.0 Å². The van der Waals surface area contributed by atoms with E-state index in [1.807, 2.05) is 0 Å². The fourth-order valence-corrected chi connectivity index (χ4v) is 2.79. The minimum Gasteiger partial charge on any atom is -0.478 e. The third kappa shape index (κ3) is 4.18. The number of hydroxylamine groups is 1. The van der Waals surface area contributed by atoms with Crippen LogP contribution in [0.3, 0.4) is 0 Å². The molecule has 0 bridgehead atoms. The smallest absolute Gasteiger partial charge is 0.416 e. The van der Waals surface area contributed by atoms with E-state index in [1.54, 1.807) is 13.0 Å². The summed E-state index contributed by atoms with van der Waals surface area (Å²) in [5.74, 6) is -1.86. The molecule has 0 unspecified atom stereocenters. The highest BCUT2D eigenvalue weighted by molar-refractivity contribution is 6.05. The minimum absolute atomic E-state index is 0.0337. The van der Waals surface area contributed by atoms with Gasteiger partial charge in [0.25, 0.3) is 5.91 Å². The third-order valence-electron chi connectivity index (χ3n) is 4.31. The van der Waals surface area contributed by atoms with Crippen LogP contribution < -0.4 is 5.06 Å². The molecule has 1 N–H and O–H groups in total. The van der Waals surface area contributed by atoms with E-state index in [0.29, 0.717) is 11.3 Å². The molecule has 1 amide bonds.